The number of nitrogens with zero attached hydrogens (tertiary/aromatic N) is 2. The van der Waals surface area contributed by atoms with Crippen LogP contribution in [-0.2, 0) is 16.1 Å². The van der Waals surface area contributed by atoms with Gasteiger partial charge in [0.15, 0.2) is 0 Å². The van der Waals surface area contributed by atoms with E-state index in [9.17, 15) is 14.4 Å². The number of ether oxygens (including phenoxy) is 1. The van der Waals surface area contributed by atoms with E-state index in [-0.39, 0.29) is 29.3 Å². The van der Waals surface area contributed by atoms with Crippen molar-refractivity contribution >= 4 is 12.0 Å². The number of fused-ring (bicyclic) bond motifs is 4. The molecule has 0 radical (unpaired) electrons. The standard InChI is InChI=1S/C18H25N3O4/c1-11(2)16(17(23)25-3)19-18(24)20-8-12-7-13(10-20)14-5-4-6-15(22)21(14)9-12/h4-6,11-13,16H,7-10H2,1-3H3,(H,19,24)/t12?,13?,16-/m1/s1. The number of aromatic nitrogens is 1. The first kappa shape index (κ1) is 17.5. The van der Waals surface area contributed by atoms with Gasteiger partial charge in [0.1, 0.15) is 6.04 Å². The highest BCUT2D eigenvalue weighted by atomic mass is 16.5. The van der Waals surface area contributed by atoms with Crippen LogP contribution in [-0.4, -0.2) is 47.7 Å². The molecule has 1 N–H and O–H groups in total. The maximum absolute atomic E-state index is 12.7. The van der Waals surface area contributed by atoms with E-state index in [1.807, 2.05) is 24.5 Å². The van der Waals surface area contributed by atoms with Gasteiger partial charge in [-0.2, -0.15) is 0 Å². The van der Waals surface area contributed by atoms with Crippen LogP contribution < -0.4 is 10.9 Å². The number of rotatable bonds is 3. The Balaban J connectivity index is 1.75. The van der Waals surface area contributed by atoms with Crippen LogP contribution in [0, 0.1) is 11.8 Å². The van der Waals surface area contributed by atoms with E-state index < -0.39 is 12.0 Å². The van der Waals surface area contributed by atoms with E-state index in [1.165, 1.54) is 7.11 Å². The average Bonchev–Trinajstić information content (AvgIpc) is 2.59. The first-order chi connectivity index (χ1) is 11.9. The highest BCUT2D eigenvalue weighted by Gasteiger charge is 2.37. The largest absolute Gasteiger partial charge is 0.467 e. The highest BCUT2D eigenvalue weighted by molar-refractivity contribution is 5.83. The molecule has 1 saturated heterocycles. The number of carbonyl (C=O) groups is 2. The molecule has 1 aromatic heterocycles. The zero-order valence-corrected chi connectivity index (χ0v) is 14.9. The summed E-state index contributed by atoms with van der Waals surface area (Å²) in [6, 6.07) is 4.42. The van der Waals surface area contributed by atoms with E-state index >= 15 is 0 Å². The van der Waals surface area contributed by atoms with Crippen LogP contribution in [0.1, 0.15) is 31.9 Å². The number of amides is 2. The van der Waals surface area contributed by atoms with E-state index in [2.05, 4.69) is 5.32 Å². The van der Waals surface area contributed by atoms with E-state index in [0.29, 0.717) is 19.6 Å². The van der Waals surface area contributed by atoms with Gasteiger partial charge in [-0.05, 0) is 24.3 Å². The minimum absolute atomic E-state index is 0.0238. The fourth-order valence-corrected chi connectivity index (χ4v) is 3.91. The zero-order chi connectivity index (χ0) is 18.1. The van der Waals surface area contributed by atoms with Crippen LogP contribution in [0.3, 0.4) is 0 Å². The summed E-state index contributed by atoms with van der Waals surface area (Å²) in [5.41, 5.74) is 1.02. The summed E-state index contributed by atoms with van der Waals surface area (Å²) in [5.74, 6) is -0.0760. The molecular weight excluding hydrogens is 322 g/mol. The number of methoxy groups -OCH3 is 1. The molecular formula is C18H25N3O4. The molecule has 2 amide bonds. The quantitative estimate of drug-likeness (QED) is 0.833. The first-order valence-electron chi connectivity index (χ1n) is 8.73. The second kappa shape index (κ2) is 6.90. The minimum atomic E-state index is -0.658. The van der Waals surface area contributed by atoms with Crippen molar-refractivity contribution in [2.24, 2.45) is 11.8 Å². The monoisotopic (exact) mass is 347 g/mol. The van der Waals surface area contributed by atoms with Crippen molar-refractivity contribution < 1.29 is 14.3 Å². The number of nitrogens with one attached hydrogen (secondary N) is 1. The lowest BCUT2D eigenvalue weighted by Gasteiger charge is -2.43. The summed E-state index contributed by atoms with van der Waals surface area (Å²) in [6.07, 6.45) is 0.984. The Bertz CT molecular complexity index is 727. The van der Waals surface area contributed by atoms with Crippen LogP contribution >= 0.6 is 0 Å². The van der Waals surface area contributed by atoms with Crippen molar-refractivity contribution in [1.29, 1.82) is 0 Å². The molecule has 2 aliphatic heterocycles. The number of carbonyl (C=O) groups excluding carboxylic acids is 2. The van der Waals surface area contributed by atoms with Crippen molar-refractivity contribution in [2.45, 2.75) is 38.8 Å². The number of hydrogen-bond acceptors (Lipinski definition) is 4. The predicted molar refractivity (Wildman–Crippen MR) is 92.3 cm³/mol. The second-order valence-electron chi connectivity index (χ2n) is 7.30. The summed E-state index contributed by atoms with van der Waals surface area (Å²) in [7, 11) is 1.32. The number of hydrogen-bond donors (Lipinski definition) is 1. The zero-order valence-electron chi connectivity index (χ0n) is 14.9. The van der Waals surface area contributed by atoms with Gasteiger partial charge >= 0.3 is 12.0 Å². The summed E-state index contributed by atoms with van der Waals surface area (Å²) in [4.78, 5) is 38.4. The molecule has 3 rings (SSSR count). The first-order valence-corrected chi connectivity index (χ1v) is 8.73. The predicted octanol–water partition coefficient (Wildman–Crippen LogP) is 1.17. The van der Waals surface area contributed by atoms with Gasteiger partial charge in [0.05, 0.1) is 7.11 Å². The van der Waals surface area contributed by atoms with Gasteiger partial charge in [-0.25, -0.2) is 9.59 Å². The van der Waals surface area contributed by atoms with Crippen LogP contribution in [0.15, 0.2) is 23.0 Å². The summed E-state index contributed by atoms with van der Waals surface area (Å²) >= 11 is 0. The number of piperidine rings is 1. The van der Waals surface area contributed by atoms with Crippen molar-refractivity contribution in [3.05, 3.63) is 34.2 Å². The maximum atomic E-state index is 12.7. The molecule has 2 aliphatic rings. The molecule has 0 spiro atoms. The van der Waals surface area contributed by atoms with Crippen molar-refractivity contribution in [2.75, 3.05) is 20.2 Å². The summed E-state index contributed by atoms with van der Waals surface area (Å²) in [6.45, 7) is 5.53. The number of likely N-dealkylation sites (tertiary alicyclic amines) is 1. The van der Waals surface area contributed by atoms with Crippen molar-refractivity contribution in [3.63, 3.8) is 0 Å². The molecule has 25 heavy (non-hydrogen) atoms. The lowest BCUT2D eigenvalue weighted by molar-refractivity contribution is -0.144. The normalized spacial score (nSPS) is 23.0. The lowest BCUT2D eigenvalue weighted by Crippen LogP contribution is -2.55. The molecule has 0 aliphatic carbocycles. The van der Waals surface area contributed by atoms with Gasteiger partial charge in [0.2, 0.25) is 0 Å². The van der Waals surface area contributed by atoms with Crippen molar-refractivity contribution in [3.8, 4) is 0 Å². The van der Waals surface area contributed by atoms with Crippen molar-refractivity contribution in [1.82, 2.24) is 14.8 Å². The third-order valence-corrected chi connectivity index (χ3v) is 5.17. The lowest BCUT2D eigenvalue weighted by atomic mass is 9.83. The summed E-state index contributed by atoms with van der Waals surface area (Å²) < 4.78 is 6.62. The number of pyridine rings is 1. The third-order valence-electron chi connectivity index (χ3n) is 5.17. The van der Waals surface area contributed by atoms with Crippen LogP contribution in [0.5, 0.6) is 0 Å². The van der Waals surface area contributed by atoms with Gasteiger partial charge in [-0.1, -0.05) is 19.9 Å². The molecule has 0 saturated carbocycles. The molecule has 2 unspecified atom stereocenters. The molecule has 0 aromatic carbocycles. The SMILES string of the molecule is COC(=O)[C@H](NC(=O)N1CC2CC(C1)c1cccc(=O)n1C2)C(C)C. The topological polar surface area (TPSA) is 80.6 Å². The van der Waals surface area contributed by atoms with E-state index in [4.69, 9.17) is 4.74 Å². The molecule has 3 heterocycles. The summed E-state index contributed by atoms with van der Waals surface area (Å²) in [5, 5.41) is 2.81. The van der Waals surface area contributed by atoms with Crippen LogP contribution in [0.25, 0.3) is 0 Å². The second-order valence-corrected chi connectivity index (χ2v) is 7.30. The van der Waals surface area contributed by atoms with Crippen LogP contribution in [0.4, 0.5) is 4.79 Å². The maximum Gasteiger partial charge on any atom is 0.328 e. The smallest absolute Gasteiger partial charge is 0.328 e. The highest BCUT2D eigenvalue weighted by Crippen LogP contribution is 2.34. The van der Waals surface area contributed by atoms with Gasteiger partial charge in [0.25, 0.3) is 5.56 Å². The fraction of sp³-hybridized carbons (Fsp3) is 0.611. The van der Waals surface area contributed by atoms with E-state index in [0.717, 1.165) is 12.1 Å². The van der Waals surface area contributed by atoms with E-state index in [1.54, 1.807) is 17.0 Å². The Morgan fingerprint density at radius 2 is 2.00 bits per heavy atom. The molecule has 2 bridgehead atoms. The number of esters is 1. The molecule has 3 atom stereocenters. The Labute approximate surface area is 147 Å². The Morgan fingerprint density at radius 1 is 1.24 bits per heavy atom. The van der Waals surface area contributed by atoms with Gasteiger partial charge < -0.3 is 19.5 Å². The Morgan fingerprint density at radius 3 is 2.68 bits per heavy atom. The average molecular weight is 347 g/mol. The molecule has 7 nitrogen and oxygen atoms in total. The molecule has 1 fully saturated rings. The molecule has 7 heteroatoms. The van der Waals surface area contributed by atoms with Gasteiger partial charge in [0, 0.05) is 37.3 Å². The van der Waals surface area contributed by atoms with Gasteiger partial charge in [-0.15, -0.1) is 0 Å². The fourth-order valence-electron chi connectivity index (χ4n) is 3.91. The van der Waals surface area contributed by atoms with Crippen LogP contribution in [0.2, 0.25) is 0 Å². The molecule has 136 valence electrons. The molecule has 1 aromatic rings. The Kier molecular flexibility index (Phi) is 4.83. The third kappa shape index (κ3) is 3.41. The Hall–Kier alpha value is -2.31. The number of urea groups is 1. The minimum Gasteiger partial charge on any atom is -0.467 e. The van der Waals surface area contributed by atoms with Gasteiger partial charge in [-0.3, -0.25) is 4.79 Å².